The van der Waals surface area contributed by atoms with Crippen LogP contribution >= 0.6 is 0 Å². The zero-order valence-corrected chi connectivity index (χ0v) is 12.6. The molecule has 0 aromatic carbocycles. The molecule has 0 unspecified atom stereocenters. The third-order valence-corrected chi connectivity index (χ3v) is 3.27. The van der Waals surface area contributed by atoms with Gasteiger partial charge >= 0.3 is 0 Å². The van der Waals surface area contributed by atoms with Crippen molar-refractivity contribution < 1.29 is 9.90 Å². The highest BCUT2D eigenvalue weighted by Gasteiger charge is 2.11. The molecule has 0 aliphatic carbocycles. The molecule has 0 aromatic heterocycles. The zero-order chi connectivity index (χ0) is 13.8. The molecule has 2 nitrogen and oxygen atoms in total. The minimum absolute atomic E-state index is 0.233. The Kier molecular flexibility index (Phi) is 11.5. The average molecular weight is 256 g/mol. The average Bonchev–Trinajstić information content (AvgIpc) is 2.26. The fraction of sp³-hybridized carbons (Fsp3) is 0.938. The third kappa shape index (κ3) is 12.1. The molecule has 1 N–H and O–H groups in total. The van der Waals surface area contributed by atoms with Gasteiger partial charge in [0.15, 0.2) is 0 Å². The van der Waals surface area contributed by atoms with Gasteiger partial charge in [0.05, 0.1) is 6.10 Å². The van der Waals surface area contributed by atoms with E-state index in [9.17, 15) is 9.90 Å². The molecule has 0 spiro atoms. The predicted octanol–water partition coefficient (Wildman–Crippen LogP) is 4.49. The molecule has 0 heterocycles. The van der Waals surface area contributed by atoms with Crippen LogP contribution in [0.25, 0.3) is 0 Å². The van der Waals surface area contributed by atoms with Crippen molar-refractivity contribution in [1.82, 2.24) is 0 Å². The maximum absolute atomic E-state index is 11.6. The van der Waals surface area contributed by atoms with Crippen LogP contribution in [0.4, 0.5) is 0 Å². The molecule has 18 heavy (non-hydrogen) atoms. The van der Waals surface area contributed by atoms with E-state index in [0.717, 1.165) is 19.3 Å². The molecule has 0 aliphatic rings. The summed E-state index contributed by atoms with van der Waals surface area (Å²) in [7, 11) is 0. The van der Waals surface area contributed by atoms with Gasteiger partial charge in [0.1, 0.15) is 5.78 Å². The van der Waals surface area contributed by atoms with Crippen LogP contribution in [-0.4, -0.2) is 17.0 Å². The molecule has 0 radical (unpaired) electrons. The van der Waals surface area contributed by atoms with Crippen LogP contribution in [-0.2, 0) is 4.79 Å². The van der Waals surface area contributed by atoms with E-state index >= 15 is 0 Å². The van der Waals surface area contributed by atoms with Crippen LogP contribution in [0.15, 0.2) is 0 Å². The van der Waals surface area contributed by atoms with E-state index < -0.39 is 6.10 Å². The molecule has 0 rings (SSSR count). The molecule has 1 atom stereocenters. The van der Waals surface area contributed by atoms with Gasteiger partial charge < -0.3 is 5.11 Å². The highest BCUT2D eigenvalue weighted by Crippen LogP contribution is 2.12. The summed E-state index contributed by atoms with van der Waals surface area (Å²) in [5, 5.41) is 9.67. The first kappa shape index (κ1) is 17.6. The maximum Gasteiger partial charge on any atom is 0.135 e. The molecule has 0 saturated carbocycles. The normalized spacial score (nSPS) is 12.9. The van der Waals surface area contributed by atoms with Crippen LogP contribution in [0.5, 0.6) is 0 Å². The van der Waals surface area contributed by atoms with Crippen LogP contribution < -0.4 is 0 Å². The van der Waals surface area contributed by atoms with E-state index in [0.29, 0.717) is 18.8 Å². The van der Waals surface area contributed by atoms with Gasteiger partial charge in [-0.25, -0.2) is 0 Å². The van der Waals surface area contributed by atoms with Gasteiger partial charge in [0, 0.05) is 12.8 Å². The molecule has 0 saturated heterocycles. The minimum Gasteiger partial charge on any atom is -0.393 e. The third-order valence-electron chi connectivity index (χ3n) is 3.27. The van der Waals surface area contributed by atoms with Crippen molar-refractivity contribution in [2.75, 3.05) is 0 Å². The van der Waals surface area contributed by atoms with Gasteiger partial charge in [-0.3, -0.25) is 4.79 Å². The lowest BCUT2D eigenvalue weighted by molar-refractivity contribution is -0.121. The second kappa shape index (κ2) is 11.7. The first-order valence-corrected chi connectivity index (χ1v) is 7.76. The van der Waals surface area contributed by atoms with Crippen LogP contribution in [0.3, 0.4) is 0 Å². The molecule has 0 amide bonds. The summed E-state index contributed by atoms with van der Waals surface area (Å²) < 4.78 is 0. The van der Waals surface area contributed by atoms with Crippen LogP contribution in [0.2, 0.25) is 0 Å². The number of aliphatic hydroxyl groups is 1. The highest BCUT2D eigenvalue weighted by atomic mass is 16.3. The van der Waals surface area contributed by atoms with E-state index in [1.54, 1.807) is 0 Å². The Balaban J connectivity index is 3.36. The van der Waals surface area contributed by atoms with Crippen molar-refractivity contribution in [2.24, 2.45) is 5.92 Å². The van der Waals surface area contributed by atoms with Gasteiger partial charge in [0.25, 0.3) is 0 Å². The number of aliphatic hydroxyl groups excluding tert-OH is 1. The Labute approximate surface area is 113 Å². The van der Waals surface area contributed by atoms with Crippen molar-refractivity contribution in [1.29, 1.82) is 0 Å². The second-order valence-electron chi connectivity index (χ2n) is 5.90. The molecule has 0 aromatic rings. The molecular weight excluding hydrogens is 224 g/mol. The minimum atomic E-state index is -0.429. The smallest absolute Gasteiger partial charge is 0.135 e. The lowest BCUT2D eigenvalue weighted by Crippen LogP contribution is -2.15. The fourth-order valence-electron chi connectivity index (χ4n) is 2.27. The number of carbonyl (C=O) groups is 1. The summed E-state index contributed by atoms with van der Waals surface area (Å²) in [6.07, 6.45) is 9.99. The van der Waals surface area contributed by atoms with Crippen molar-refractivity contribution in [2.45, 2.75) is 91.1 Å². The van der Waals surface area contributed by atoms with Gasteiger partial charge in [-0.05, 0) is 18.8 Å². The SMILES string of the molecule is CCCCCCCCCC(=O)C[C@H](O)CC(C)C. The van der Waals surface area contributed by atoms with Gasteiger partial charge in [-0.15, -0.1) is 0 Å². The van der Waals surface area contributed by atoms with Crippen molar-refractivity contribution in [3.8, 4) is 0 Å². The first-order chi connectivity index (χ1) is 8.56. The number of ketones is 1. The summed E-state index contributed by atoms with van der Waals surface area (Å²) >= 11 is 0. The van der Waals surface area contributed by atoms with Gasteiger partial charge in [-0.2, -0.15) is 0 Å². The molecule has 0 aliphatic heterocycles. The fourth-order valence-corrected chi connectivity index (χ4v) is 2.27. The number of hydrogen-bond donors (Lipinski definition) is 1. The van der Waals surface area contributed by atoms with Crippen LogP contribution in [0, 0.1) is 5.92 Å². The quantitative estimate of drug-likeness (QED) is 0.522. The Hall–Kier alpha value is -0.370. The van der Waals surface area contributed by atoms with Gasteiger partial charge in [-0.1, -0.05) is 59.3 Å². The predicted molar refractivity (Wildman–Crippen MR) is 77.7 cm³/mol. The van der Waals surface area contributed by atoms with E-state index in [1.807, 2.05) is 0 Å². The van der Waals surface area contributed by atoms with Crippen molar-refractivity contribution in [3.63, 3.8) is 0 Å². The van der Waals surface area contributed by atoms with E-state index in [1.165, 1.54) is 32.1 Å². The molecule has 108 valence electrons. The van der Waals surface area contributed by atoms with Gasteiger partial charge in [0.2, 0.25) is 0 Å². The lowest BCUT2D eigenvalue weighted by Gasteiger charge is -2.11. The molecule has 0 fully saturated rings. The van der Waals surface area contributed by atoms with E-state index in [-0.39, 0.29) is 5.78 Å². The number of Topliss-reactive ketones (excluding diaryl/α,β-unsaturated/α-hetero) is 1. The number of hydrogen-bond acceptors (Lipinski definition) is 2. The second-order valence-corrected chi connectivity index (χ2v) is 5.90. The van der Waals surface area contributed by atoms with Crippen molar-refractivity contribution >= 4 is 5.78 Å². The standard InChI is InChI=1S/C16H32O2/c1-4-5-6-7-8-9-10-11-15(17)13-16(18)12-14(2)3/h14,16,18H,4-13H2,1-3H3/t16-/m1/s1. The van der Waals surface area contributed by atoms with E-state index in [4.69, 9.17) is 0 Å². The highest BCUT2D eigenvalue weighted by molar-refractivity contribution is 5.78. The maximum atomic E-state index is 11.6. The Bertz CT molecular complexity index is 199. The van der Waals surface area contributed by atoms with Crippen molar-refractivity contribution in [3.05, 3.63) is 0 Å². The summed E-state index contributed by atoms with van der Waals surface area (Å²) in [6.45, 7) is 6.37. The topological polar surface area (TPSA) is 37.3 Å². The Morgan fingerprint density at radius 1 is 1.00 bits per heavy atom. The Morgan fingerprint density at radius 2 is 1.56 bits per heavy atom. The monoisotopic (exact) mass is 256 g/mol. The first-order valence-electron chi connectivity index (χ1n) is 7.76. The number of carbonyl (C=O) groups excluding carboxylic acids is 1. The number of unbranched alkanes of at least 4 members (excludes halogenated alkanes) is 6. The lowest BCUT2D eigenvalue weighted by atomic mass is 9.99. The van der Waals surface area contributed by atoms with E-state index in [2.05, 4.69) is 20.8 Å². The molecular formula is C16H32O2. The summed E-state index contributed by atoms with van der Waals surface area (Å²) in [4.78, 5) is 11.6. The molecule has 0 bridgehead atoms. The number of rotatable bonds is 12. The van der Waals surface area contributed by atoms with Crippen LogP contribution in [0.1, 0.15) is 85.0 Å². The zero-order valence-electron chi connectivity index (χ0n) is 12.6. The molecule has 2 heteroatoms. The Morgan fingerprint density at radius 3 is 2.11 bits per heavy atom. The summed E-state index contributed by atoms with van der Waals surface area (Å²) in [5.74, 6) is 0.697. The summed E-state index contributed by atoms with van der Waals surface area (Å²) in [5.41, 5.74) is 0. The largest absolute Gasteiger partial charge is 0.393 e. The summed E-state index contributed by atoms with van der Waals surface area (Å²) in [6, 6.07) is 0.